The minimum absolute atomic E-state index is 0.864. The summed E-state index contributed by atoms with van der Waals surface area (Å²) in [4.78, 5) is 2.49. The Morgan fingerprint density at radius 3 is 1.85 bits per heavy atom. The van der Waals surface area contributed by atoms with E-state index in [2.05, 4.69) is 187 Å². The Hall–Kier alpha value is -6.68. The fourth-order valence-corrected chi connectivity index (χ4v) is 9.52. The van der Waals surface area contributed by atoms with E-state index in [1.54, 1.807) is 0 Å². The van der Waals surface area contributed by atoms with E-state index in [9.17, 15) is 0 Å². The van der Waals surface area contributed by atoms with Crippen molar-refractivity contribution in [1.29, 1.82) is 0 Å². The summed E-state index contributed by atoms with van der Waals surface area (Å²) in [5.41, 5.74) is 9.77. The van der Waals surface area contributed by atoms with E-state index in [0.717, 1.165) is 39.0 Å². The van der Waals surface area contributed by atoms with Crippen molar-refractivity contribution in [3.8, 4) is 22.3 Å². The molecule has 2 heterocycles. The van der Waals surface area contributed by atoms with Gasteiger partial charge in [0.1, 0.15) is 11.2 Å². The molecule has 0 saturated heterocycles. The molecule has 53 heavy (non-hydrogen) atoms. The van der Waals surface area contributed by atoms with Crippen LogP contribution in [0.1, 0.15) is 0 Å². The van der Waals surface area contributed by atoms with E-state index >= 15 is 0 Å². The predicted molar refractivity (Wildman–Crippen MR) is 227 cm³/mol. The minimum atomic E-state index is 0.864. The molecular formula is C50H31NOS. The first-order chi connectivity index (χ1) is 26.3. The van der Waals surface area contributed by atoms with Crippen molar-refractivity contribution >= 4 is 92.1 Å². The van der Waals surface area contributed by atoms with E-state index < -0.39 is 0 Å². The monoisotopic (exact) mass is 693 g/mol. The van der Waals surface area contributed by atoms with Crippen LogP contribution < -0.4 is 4.90 Å². The number of anilines is 3. The van der Waals surface area contributed by atoms with Crippen LogP contribution in [0.4, 0.5) is 17.1 Å². The van der Waals surface area contributed by atoms with Gasteiger partial charge in [0.25, 0.3) is 0 Å². The molecule has 0 bridgehead atoms. The van der Waals surface area contributed by atoms with E-state index in [4.69, 9.17) is 4.42 Å². The fraction of sp³-hybridized carbons (Fsp3) is 0. The van der Waals surface area contributed by atoms with E-state index in [-0.39, 0.29) is 0 Å². The van der Waals surface area contributed by atoms with E-state index in [1.807, 2.05) is 17.4 Å². The lowest BCUT2D eigenvalue weighted by Crippen LogP contribution is -2.13. The van der Waals surface area contributed by atoms with Gasteiger partial charge in [0.05, 0.1) is 11.4 Å². The van der Waals surface area contributed by atoms with Crippen LogP contribution in [0.25, 0.3) is 85.9 Å². The average Bonchev–Trinajstić information content (AvgIpc) is 3.80. The van der Waals surface area contributed by atoms with Gasteiger partial charge in [-0.05, 0) is 63.7 Å². The summed E-state index contributed by atoms with van der Waals surface area (Å²) in [6, 6.07) is 68.1. The lowest BCUT2D eigenvalue weighted by atomic mass is 9.89. The first-order valence-electron chi connectivity index (χ1n) is 18.0. The summed E-state index contributed by atoms with van der Waals surface area (Å²) in [6.45, 7) is 0. The number of benzene rings is 9. The normalized spacial score (nSPS) is 11.8. The van der Waals surface area contributed by atoms with Gasteiger partial charge in [-0.15, -0.1) is 11.3 Å². The van der Waals surface area contributed by atoms with E-state index in [1.165, 1.54) is 64.0 Å². The van der Waals surface area contributed by atoms with Gasteiger partial charge in [-0.3, -0.25) is 0 Å². The van der Waals surface area contributed by atoms with Crippen molar-refractivity contribution < 1.29 is 4.42 Å². The Balaban J connectivity index is 1.30. The first kappa shape index (κ1) is 30.0. The number of rotatable bonds is 5. The highest BCUT2D eigenvalue weighted by Gasteiger charge is 2.26. The SMILES string of the molecule is c1ccc(-c2c(N(c3ccc4c(c3)oc3ccccc34)c3ccccc3-c3cccc4sc5ccccc5c34)c3ccccc3c3ccccc23)cc1. The van der Waals surface area contributed by atoms with Crippen molar-refractivity contribution in [2.75, 3.05) is 4.90 Å². The van der Waals surface area contributed by atoms with Crippen LogP contribution in [0.2, 0.25) is 0 Å². The number of furan rings is 1. The van der Waals surface area contributed by atoms with Crippen LogP contribution in [-0.4, -0.2) is 0 Å². The van der Waals surface area contributed by atoms with Gasteiger partial charge in [0, 0.05) is 59.2 Å². The van der Waals surface area contributed by atoms with Crippen LogP contribution >= 0.6 is 11.3 Å². The Kier molecular flexibility index (Phi) is 6.76. The van der Waals surface area contributed by atoms with Crippen LogP contribution in [0, 0.1) is 0 Å². The molecule has 0 amide bonds. The molecule has 248 valence electrons. The molecule has 0 aliphatic heterocycles. The number of fused-ring (bicyclic) bond motifs is 9. The van der Waals surface area contributed by atoms with Crippen molar-refractivity contribution in [3.63, 3.8) is 0 Å². The maximum Gasteiger partial charge on any atom is 0.137 e. The molecule has 0 aliphatic carbocycles. The van der Waals surface area contributed by atoms with Crippen LogP contribution in [-0.2, 0) is 0 Å². The molecule has 0 fully saturated rings. The molecule has 3 heteroatoms. The third-order valence-electron chi connectivity index (χ3n) is 10.6. The number of hydrogen-bond donors (Lipinski definition) is 0. The molecule has 0 N–H and O–H groups in total. The number of hydrogen-bond acceptors (Lipinski definition) is 3. The molecule has 2 nitrogen and oxygen atoms in total. The zero-order valence-corrected chi connectivity index (χ0v) is 29.5. The Labute approximate surface area is 310 Å². The average molecular weight is 694 g/mol. The van der Waals surface area contributed by atoms with Crippen molar-refractivity contribution in [2.24, 2.45) is 0 Å². The second-order valence-corrected chi connectivity index (χ2v) is 14.7. The maximum absolute atomic E-state index is 6.57. The first-order valence-corrected chi connectivity index (χ1v) is 18.8. The number of thiophene rings is 1. The van der Waals surface area contributed by atoms with Crippen LogP contribution in [0.5, 0.6) is 0 Å². The molecule has 0 unspecified atom stereocenters. The lowest BCUT2D eigenvalue weighted by molar-refractivity contribution is 0.669. The smallest absolute Gasteiger partial charge is 0.137 e. The van der Waals surface area contributed by atoms with Crippen LogP contribution in [0.3, 0.4) is 0 Å². The van der Waals surface area contributed by atoms with Gasteiger partial charge in [0.2, 0.25) is 0 Å². The van der Waals surface area contributed by atoms with Gasteiger partial charge in [-0.25, -0.2) is 0 Å². The quantitative estimate of drug-likeness (QED) is 0.167. The van der Waals surface area contributed by atoms with Gasteiger partial charge < -0.3 is 9.32 Å². The summed E-state index contributed by atoms with van der Waals surface area (Å²) in [5.74, 6) is 0. The highest BCUT2D eigenvalue weighted by atomic mass is 32.1. The zero-order chi connectivity index (χ0) is 34.9. The molecule has 11 aromatic rings. The Morgan fingerprint density at radius 1 is 0.396 bits per heavy atom. The maximum atomic E-state index is 6.57. The number of para-hydroxylation sites is 2. The third-order valence-corrected chi connectivity index (χ3v) is 11.8. The third kappa shape index (κ3) is 4.64. The second kappa shape index (κ2) is 11.9. The van der Waals surface area contributed by atoms with Gasteiger partial charge in [-0.1, -0.05) is 146 Å². The van der Waals surface area contributed by atoms with E-state index in [0.29, 0.717) is 0 Å². The second-order valence-electron chi connectivity index (χ2n) is 13.6. The van der Waals surface area contributed by atoms with Gasteiger partial charge in [0.15, 0.2) is 0 Å². The minimum Gasteiger partial charge on any atom is -0.456 e. The number of nitrogens with zero attached hydrogens (tertiary/aromatic N) is 1. The molecule has 2 aromatic heterocycles. The molecule has 0 spiro atoms. The topological polar surface area (TPSA) is 16.4 Å². The summed E-state index contributed by atoms with van der Waals surface area (Å²) >= 11 is 1.86. The van der Waals surface area contributed by atoms with Gasteiger partial charge in [-0.2, -0.15) is 0 Å². The molecule has 0 saturated carbocycles. The standard InChI is InChI=1S/C50H31NOS/c1-2-15-32(16-3-1)48-39-21-6-4-17-34(39)35-18-5-7-22-41(35)50(48)51(33-29-30-38-37-20-9-12-26-44(37)52-45(38)31-33)43-25-11-8-19-36(43)40-24-14-28-47-49(40)42-23-10-13-27-46(42)53-47/h1-31H. The molecule has 11 rings (SSSR count). The Bertz CT molecular complexity index is 3190. The van der Waals surface area contributed by atoms with Gasteiger partial charge >= 0.3 is 0 Å². The molecule has 0 atom stereocenters. The lowest BCUT2D eigenvalue weighted by Gasteiger charge is -2.32. The summed E-state index contributed by atoms with van der Waals surface area (Å²) < 4.78 is 9.16. The summed E-state index contributed by atoms with van der Waals surface area (Å²) in [5, 5.41) is 9.66. The Morgan fingerprint density at radius 2 is 1.00 bits per heavy atom. The van der Waals surface area contributed by atoms with Crippen molar-refractivity contribution in [1.82, 2.24) is 0 Å². The zero-order valence-electron chi connectivity index (χ0n) is 28.7. The summed E-state index contributed by atoms with van der Waals surface area (Å²) in [7, 11) is 0. The highest BCUT2D eigenvalue weighted by Crippen LogP contribution is 2.52. The van der Waals surface area contributed by atoms with Crippen molar-refractivity contribution in [2.45, 2.75) is 0 Å². The summed E-state index contributed by atoms with van der Waals surface area (Å²) in [6.07, 6.45) is 0. The molecular weight excluding hydrogens is 663 g/mol. The fourth-order valence-electron chi connectivity index (χ4n) is 8.39. The van der Waals surface area contributed by atoms with Crippen LogP contribution in [0.15, 0.2) is 192 Å². The molecule has 9 aromatic carbocycles. The van der Waals surface area contributed by atoms with Crippen molar-refractivity contribution in [3.05, 3.63) is 188 Å². The largest absolute Gasteiger partial charge is 0.456 e. The molecule has 0 aliphatic rings. The molecule has 0 radical (unpaired) electrons. The predicted octanol–water partition coefficient (Wildman–Crippen LogP) is 15.1. The highest BCUT2D eigenvalue weighted by molar-refractivity contribution is 7.25.